The van der Waals surface area contributed by atoms with Crippen molar-refractivity contribution in [2.75, 3.05) is 10.0 Å². The zero-order chi connectivity index (χ0) is 24.7. The predicted octanol–water partition coefficient (Wildman–Crippen LogP) is 6.53. The maximum Gasteiger partial charge on any atom is 0.234 e. The molecule has 36 heavy (non-hydrogen) atoms. The minimum absolute atomic E-state index is 0.0719. The van der Waals surface area contributed by atoms with Crippen LogP contribution in [0.4, 0.5) is 11.4 Å². The Bertz CT molecular complexity index is 1500. The van der Waals surface area contributed by atoms with Crippen molar-refractivity contribution >= 4 is 39.7 Å². The van der Waals surface area contributed by atoms with Gasteiger partial charge in [-0.25, -0.2) is 10.0 Å². The molecule has 2 heterocycles. The molecule has 6 rings (SSSR count). The summed E-state index contributed by atoms with van der Waals surface area (Å²) < 4.78 is 0. The summed E-state index contributed by atoms with van der Waals surface area (Å²) >= 11 is 1.44. The molecule has 0 N–H and O–H groups in total. The molecule has 1 atom stereocenters. The molecule has 0 bridgehead atoms. The Morgan fingerprint density at radius 2 is 1.31 bits per heavy atom. The second-order valence-electron chi connectivity index (χ2n) is 8.83. The Kier molecular flexibility index (Phi) is 5.46. The Morgan fingerprint density at radius 1 is 0.722 bits per heavy atom. The van der Waals surface area contributed by atoms with Gasteiger partial charge in [0.15, 0.2) is 10.8 Å². The summed E-state index contributed by atoms with van der Waals surface area (Å²) in [6.07, 6.45) is 0. The van der Waals surface area contributed by atoms with Crippen molar-refractivity contribution in [2.45, 2.75) is 18.8 Å². The van der Waals surface area contributed by atoms with Crippen molar-refractivity contribution in [1.82, 2.24) is 0 Å². The van der Waals surface area contributed by atoms with E-state index in [-0.39, 0.29) is 5.78 Å². The summed E-state index contributed by atoms with van der Waals surface area (Å²) in [4.78, 5) is 11.8. The number of nitrogens with zero attached hydrogens (tertiary/aromatic N) is 4. The monoisotopic (exact) mass is 488 g/mol. The molecule has 2 aliphatic rings. The van der Waals surface area contributed by atoms with Crippen molar-refractivity contribution in [2.24, 2.45) is 10.2 Å². The molecule has 0 saturated heterocycles. The predicted molar refractivity (Wildman–Crippen MR) is 148 cm³/mol. The maximum atomic E-state index is 12.7. The zero-order valence-electron chi connectivity index (χ0n) is 20.0. The van der Waals surface area contributed by atoms with Gasteiger partial charge in [0.1, 0.15) is 0 Å². The third-order valence-corrected chi connectivity index (χ3v) is 7.78. The molecular formula is C30H24N4OS. The topological polar surface area (TPSA) is 48.3 Å². The third kappa shape index (κ3) is 3.53. The fraction of sp³-hybridized carbons (Fsp3) is 0.100. The molecule has 0 radical (unpaired) electrons. The van der Waals surface area contributed by atoms with Gasteiger partial charge in [-0.05, 0) is 43.0 Å². The summed E-state index contributed by atoms with van der Waals surface area (Å²) in [7, 11) is 0. The number of ketones is 1. The SMILES string of the molecule is CC(=O)C1=NN(c2ccc(C)cc2)[C@]2(S1)c1ccccc1C(c1ccccc1)=NN2c1ccccc1. The van der Waals surface area contributed by atoms with Crippen molar-refractivity contribution in [3.63, 3.8) is 0 Å². The van der Waals surface area contributed by atoms with Gasteiger partial charge in [-0.1, -0.05) is 90.5 Å². The molecule has 1 spiro atoms. The number of hydrogen-bond acceptors (Lipinski definition) is 6. The Hall–Kier alpha value is -4.16. The first kappa shape index (κ1) is 22.3. The first-order chi connectivity index (χ1) is 17.6. The number of rotatable bonds is 4. The van der Waals surface area contributed by atoms with Gasteiger partial charge in [0.2, 0.25) is 4.99 Å². The normalized spacial score (nSPS) is 18.6. The summed E-state index contributed by atoms with van der Waals surface area (Å²) in [6, 6.07) is 36.8. The van der Waals surface area contributed by atoms with Crippen LogP contribution in [0, 0.1) is 6.92 Å². The van der Waals surface area contributed by atoms with Crippen molar-refractivity contribution < 1.29 is 4.79 Å². The van der Waals surface area contributed by atoms with E-state index in [0.717, 1.165) is 39.3 Å². The molecule has 0 aromatic heterocycles. The molecule has 0 fully saturated rings. The molecule has 0 aliphatic carbocycles. The van der Waals surface area contributed by atoms with Gasteiger partial charge in [-0.2, -0.15) is 10.2 Å². The van der Waals surface area contributed by atoms with Crippen LogP contribution in [-0.4, -0.2) is 16.5 Å². The number of hydrazone groups is 2. The molecule has 2 aliphatic heterocycles. The van der Waals surface area contributed by atoms with Crippen LogP contribution >= 0.6 is 11.8 Å². The summed E-state index contributed by atoms with van der Waals surface area (Å²) in [6.45, 7) is 3.63. The Balaban J connectivity index is 1.66. The van der Waals surface area contributed by atoms with Crippen molar-refractivity contribution in [1.29, 1.82) is 0 Å². The number of carbonyl (C=O) groups is 1. The van der Waals surface area contributed by atoms with E-state index >= 15 is 0 Å². The van der Waals surface area contributed by atoms with Gasteiger partial charge < -0.3 is 0 Å². The van der Waals surface area contributed by atoms with E-state index in [1.54, 1.807) is 6.92 Å². The highest BCUT2D eigenvalue weighted by Gasteiger charge is 2.55. The molecular weight excluding hydrogens is 464 g/mol. The molecule has 4 aromatic rings. The maximum absolute atomic E-state index is 12.7. The molecule has 176 valence electrons. The minimum Gasteiger partial charge on any atom is -0.292 e. The van der Waals surface area contributed by atoms with Crippen LogP contribution in [0.1, 0.15) is 29.2 Å². The van der Waals surface area contributed by atoms with E-state index < -0.39 is 4.99 Å². The van der Waals surface area contributed by atoms with E-state index in [9.17, 15) is 4.79 Å². The van der Waals surface area contributed by atoms with Crippen LogP contribution in [0.3, 0.4) is 0 Å². The highest BCUT2D eigenvalue weighted by molar-refractivity contribution is 8.17. The van der Waals surface area contributed by atoms with Crippen molar-refractivity contribution in [3.05, 3.63) is 131 Å². The number of anilines is 2. The fourth-order valence-electron chi connectivity index (χ4n) is 4.64. The summed E-state index contributed by atoms with van der Waals surface area (Å²) in [5, 5.41) is 14.6. The number of thioether (sulfide) groups is 1. The Labute approximate surface area is 214 Å². The van der Waals surface area contributed by atoms with Gasteiger partial charge >= 0.3 is 0 Å². The standard InChI is InChI=1S/C30H24N4OS/c1-21-17-19-25(20-18-21)34-30(36-29(32-34)22(2)35)27-16-10-9-15-26(27)28(23-11-5-3-6-12-23)31-33(30)24-13-7-4-8-14-24/h3-20H,1-2H3/t30-/m0/s1. The van der Waals surface area contributed by atoms with Crippen molar-refractivity contribution in [3.8, 4) is 0 Å². The van der Waals surface area contributed by atoms with E-state index in [0.29, 0.717) is 5.04 Å². The number of fused-ring (bicyclic) bond motifs is 2. The molecule has 5 nitrogen and oxygen atoms in total. The summed E-state index contributed by atoms with van der Waals surface area (Å²) in [5.74, 6) is -0.0719. The first-order valence-electron chi connectivity index (χ1n) is 11.8. The van der Waals surface area contributed by atoms with Crippen LogP contribution in [0.5, 0.6) is 0 Å². The number of carbonyl (C=O) groups excluding carboxylic acids is 1. The number of Topliss-reactive ketones (excluding diaryl/α,β-unsaturated/α-hetero) is 1. The van der Waals surface area contributed by atoms with E-state index in [2.05, 4.69) is 43.3 Å². The van der Waals surface area contributed by atoms with Gasteiger partial charge in [0, 0.05) is 23.6 Å². The highest BCUT2D eigenvalue weighted by atomic mass is 32.2. The molecule has 0 unspecified atom stereocenters. The van der Waals surface area contributed by atoms with E-state index in [1.165, 1.54) is 11.8 Å². The summed E-state index contributed by atoms with van der Waals surface area (Å²) in [5.41, 5.74) is 6.89. The largest absolute Gasteiger partial charge is 0.292 e. The van der Waals surface area contributed by atoms with Crippen LogP contribution in [-0.2, 0) is 9.79 Å². The van der Waals surface area contributed by atoms with Crippen LogP contribution in [0.2, 0.25) is 0 Å². The van der Waals surface area contributed by atoms with Gasteiger partial charge in [0.25, 0.3) is 0 Å². The molecule has 6 heteroatoms. The van der Waals surface area contributed by atoms with Gasteiger partial charge in [-0.15, -0.1) is 0 Å². The average molecular weight is 489 g/mol. The average Bonchev–Trinajstić information content (AvgIpc) is 3.32. The number of aryl methyl sites for hydroxylation is 1. The molecule has 0 amide bonds. The molecule has 0 saturated carbocycles. The van der Waals surface area contributed by atoms with Crippen LogP contribution < -0.4 is 10.0 Å². The lowest BCUT2D eigenvalue weighted by molar-refractivity contribution is -0.110. The van der Waals surface area contributed by atoms with Crippen LogP contribution in [0.25, 0.3) is 0 Å². The highest BCUT2D eigenvalue weighted by Crippen LogP contribution is 2.54. The lowest BCUT2D eigenvalue weighted by Gasteiger charge is -2.47. The van der Waals surface area contributed by atoms with E-state index in [1.807, 2.05) is 82.8 Å². The number of para-hydroxylation sites is 1. The fourth-order valence-corrected chi connectivity index (χ4v) is 5.93. The number of hydrogen-bond donors (Lipinski definition) is 0. The quantitative estimate of drug-likeness (QED) is 0.328. The Morgan fingerprint density at radius 3 is 2.00 bits per heavy atom. The van der Waals surface area contributed by atoms with Crippen LogP contribution in [0.15, 0.2) is 119 Å². The second kappa shape index (κ2) is 8.81. The first-order valence-corrected chi connectivity index (χ1v) is 12.6. The van der Waals surface area contributed by atoms with Gasteiger partial charge in [-0.3, -0.25) is 4.79 Å². The smallest absolute Gasteiger partial charge is 0.234 e. The van der Waals surface area contributed by atoms with E-state index in [4.69, 9.17) is 10.2 Å². The number of benzene rings is 4. The van der Waals surface area contributed by atoms with Gasteiger partial charge in [0.05, 0.1) is 17.1 Å². The minimum atomic E-state index is -0.924. The zero-order valence-corrected chi connectivity index (χ0v) is 20.8. The lowest BCUT2D eigenvalue weighted by atomic mass is 9.93. The third-order valence-electron chi connectivity index (χ3n) is 6.36. The second-order valence-corrected chi connectivity index (χ2v) is 9.99. The lowest BCUT2D eigenvalue weighted by Crippen LogP contribution is -2.54. The molecule has 4 aromatic carbocycles.